The van der Waals surface area contributed by atoms with Gasteiger partial charge in [0.25, 0.3) is 15.9 Å². The second-order valence-corrected chi connectivity index (χ2v) is 6.85. The molecule has 1 aromatic carbocycles. The molecule has 0 aliphatic carbocycles. The molecule has 0 aromatic heterocycles. The Balaban J connectivity index is 2.88. The highest BCUT2D eigenvalue weighted by molar-refractivity contribution is 7.90. The van der Waals surface area contributed by atoms with Gasteiger partial charge in [-0.2, -0.15) is 0 Å². The fraction of sp³-hybridized carbons (Fsp3) is 0.429. The van der Waals surface area contributed by atoms with Crippen LogP contribution < -0.4 is 10.0 Å². The minimum atomic E-state index is -3.93. The van der Waals surface area contributed by atoms with Crippen molar-refractivity contribution in [1.82, 2.24) is 10.0 Å². The Morgan fingerprint density at radius 2 is 1.71 bits per heavy atom. The first-order chi connectivity index (χ1) is 9.72. The maximum atomic E-state index is 12.1. The molecule has 0 bridgehead atoms. The summed E-state index contributed by atoms with van der Waals surface area (Å²) < 4.78 is 26.1. The monoisotopic (exact) mass is 312 g/mol. The third kappa shape index (κ3) is 5.55. The average Bonchev–Trinajstić information content (AvgIpc) is 2.37. The summed E-state index contributed by atoms with van der Waals surface area (Å²) in [5.41, 5.74) is 0. The maximum absolute atomic E-state index is 12.1. The molecule has 0 fully saturated rings. The van der Waals surface area contributed by atoms with Crippen molar-refractivity contribution in [3.63, 3.8) is 0 Å². The van der Waals surface area contributed by atoms with Crippen molar-refractivity contribution in [2.24, 2.45) is 5.92 Å². The molecule has 0 saturated carbocycles. The lowest BCUT2D eigenvalue weighted by molar-refractivity contribution is -0.127. The molecule has 0 saturated heterocycles. The molecule has 21 heavy (non-hydrogen) atoms. The summed E-state index contributed by atoms with van der Waals surface area (Å²) >= 11 is 0. The van der Waals surface area contributed by atoms with Crippen LogP contribution >= 0.6 is 0 Å². The van der Waals surface area contributed by atoms with E-state index in [9.17, 15) is 18.0 Å². The van der Waals surface area contributed by atoms with Gasteiger partial charge in [-0.1, -0.05) is 32.0 Å². The van der Waals surface area contributed by atoms with Crippen LogP contribution in [0.3, 0.4) is 0 Å². The quantitative estimate of drug-likeness (QED) is 0.821. The smallest absolute Gasteiger partial charge is 0.264 e. The molecule has 6 nitrogen and oxygen atoms in total. The zero-order chi connectivity index (χ0) is 16.0. The lowest BCUT2D eigenvalue weighted by Crippen LogP contribution is -2.48. The Bertz CT molecular complexity index is 597. The molecule has 0 spiro atoms. The number of benzene rings is 1. The molecule has 0 radical (unpaired) electrons. The number of amides is 2. The van der Waals surface area contributed by atoms with Gasteiger partial charge >= 0.3 is 0 Å². The van der Waals surface area contributed by atoms with Crippen LogP contribution in [0.5, 0.6) is 0 Å². The number of hydrogen-bond acceptors (Lipinski definition) is 4. The van der Waals surface area contributed by atoms with Crippen LogP contribution in [-0.2, 0) is 19.6 Å². The zero-order valence-corrected chi connectivity index (χ0v) is 13.1. The molecule has 2 amide bonds. The van der Waals surface area contributed by atoms with Gasteiger partial charge in [0.2, 0.25) is 5.91 Å². The van der Waals surface area contributed by atoms with Crippen LogP contribution in [0.1, 0.15) is 27.2 Å². The second-order valence-electron chi connectivity index (χ2n) is 5.17. The van der Waals surface area contributed by atoms with Crippen molar-refractivity contribution in [2.75, 3.05) is 0 Å². The highest BCUT2D eigenvalue weighted by Crippen LogP contribution is 2.09. The van der Waals surface area contributed by atoms with Gasteiger partial charge in [0.1, 0.15) is 6.04 Å². The molecule has 116 valence electrons. The molecule has 0 heterocycles. The predicted octanol–water partition coefficient (Wildman–Crippen LogP) is 1.04. The molecule has 1 rings (SSSR count). The van der Waals surface area contributed by atoms with E-state index >= 15 is 0 Å². The highest BCUT2D eigenvalue weighted by Gasteiger charge is 2.25. The van der Waals surface area contributed by atoms with Crippen LogP contribution in [0, 0.1) is 5.92 Å². The van der Waals surface area contributed by atoms with E-state index < -0.39 is 22.0 Å². The van der Waals surface area contributed by atoms with Crippen molar-refractivity contribution in [3.05, 3.63) is 30.3 Å². The van der Waals surface area contributed by atoms with Crippen LogP contribution in [0.4, 0.5) is 0 Å². The van der Waals surface area contributed by atoms with E-state index in [4.69, 9.17) is 0 Å². The summed E-state index contributed by atoms with van der Waals surface area (Å²) in [7, 11) is -3.93. The molecular formula is C14H20N2O4S. The number of carbonyl (C=O) groups is 2. The van der Waals surface area contributed by atoms with Gasteiger partial charge in [0.15, 0.2) is 0 Å². The largest absolute Gasteiger partial charge is 0.345 e. The Morgan fingerprint density at radius 3 is 2.19 bits per heavy atom. The van der Waals surface area contributed by atoms with Gasteiger partial charge in [0.05, 0.1) is 4.90 Å². The minimum absolute atomic E-state index is 0.00414. The average molecular weight is 312 g/mol. The van der Waals surface area contributed by atoms with E-state index in [0.29, 0.717) is 6.42 Å². The first kappa shape index (κ1) is 17.2. The lowest BCUT2D eigenvalue weighted by Gasteiger charge is -2.19. The van der Waals surface area contributed by atoms with Gasteiger partial charge in [-0.25, -0.2) is 13.1 Å². The first-order valence-corrected chi connectivity index (χ1v) is 8.09. The van der Waals surface area contributed by atoms with E-state index in [1.807, 2.05) is 18.6 Å². The molecule has 7 heteroatoms. The van der Waals surface area contributed by atoms with Crippen LogP contribution in [0.15, 0.2) is 35.2 Å². The third-order valence-corrected chi connectivity index (χ3v) is 4.05. The summed E-state index contributed by atoms with van der Waals surface area (Å²) in [6, 6.07) is 6.73. The molecule has 0 aliphatic rings. The topological polar surface area (TPSA) is 92.3 Å². The van der Waals surface area contributed by atoms with Gasteiger partial charge in [-0.3, -0.25) is 9.59 Å². The minimum Gasteiger partial charge on any atom is -0.345 e. The van der Waals surface area contributed by atoms with E-state index in [2.05, 4.69) is 5.32 Å². The zero-order valence-electron chi connectivity index (χ0n) is 12.3. The number of carbonyl (C=O) groups excluding carboxylic acids is 2. The van der Waals surface area contributed by atoms with E-state index in [1.54, 1.807) is 18.2 Å². The summed E-state index contributed by atoms with van der Waals surface area (Å²) in [5.74, 6) is -0.984. The van der Waals surface area contributed by atoms with E-state index in [-0.39, 0.29) is 16.7 Å². The van der Waals surface area contributed by atoms with Crippen molar-refractivity contribution in [2.45, 2.75) is 38.1 Å². The highest BCUT2D eigenvalue weighted by atomic mass is 32.2. The Hall–Kier alpha value is -1.89. The fourth-order valence-electron chi connectivity index (χ4n) is 1.81. The van der Waals surface area contributed by atoms with E-state index in [0.717, 1.165) is 0 Å². The number of rotatable bonds is 6. The fourth-order valence-corrected chi connectivity index (χ4v) is 2.85. The SMILES string of the molecule is CC(=O)N[C@@H](CC(C)C)C(=O)NS(=O)(=O)c1ccccc1. The van der Waals surface area contributed by atoms with Crippen molar-refractivity contribution in [3.8, 4) is 0 Å². The van der Waals surface area contributed by atoms with Gasteiger partial charge in [-0.05, 0) is 24.5 Å². The van der Waals surface area contributed by atoms with Crippen LogP contribution in [-0.4, -0.2) is 26.3 Å². The number of nitrogens with one attached hydrogen (secondary N) is 2. The van der Waals surface area contributed by atoms with Gasteiger partial charge in [-0.15, -0.1) is 0 Å². The summed E-state index contributed by atoms with van der Waals surface area (Å²) in [5, 5.41) is 2.47. The van der Waals surface area contributed by atoms with Crippen LogP contribution in [0.25, 0.3) is 0 Å². The molecule has 1 atom stereocenters. The lowest BCUT2D eigenvalue weighted by atomic mass is 10.0. The van der Waals surface area contributed by atoms with Crippen molar-refractivity contribution < 1.29 is 18.0 Å². The summed E-state index contributed by atoms with van der Waals surface area (Å²) in [6.45, 7) is 5.05. The normalized spacial score (nSPS) is 12.8. The van der Waals surface area contributed by atoms with E-state index in [1.165, 1.54) is 19.1 Å². The number of hydrogen-bond donors (Lipinski definition) is 2. The number of sulfonamides is 1. The summed E-state index contributed by atoms with van der Waals surface area (Å²) in [6.07, 6.45) is 0.357. The van der Waals surface area contributed by atoms with Crippen LogP contribution in [0.2, 0.25) is 0 Å². The third-order valence-electron chi connectivity index (χ3n) is 2.69. The standard InChI is InChI=1S/C14H20N2O4S/c1-10(2)9-13(15-11(3)17)14(18)16-21(19,20)12-7-5-4-6-8-12/h4-8,10,13H,9H2,1-3H3,(H,15,17)(H,16,18)/t13-/m0/s1. The molecule has 2 N–H and O–H groups in total. The molecule has 0 unspecified atom stereocenters. The Morgan fingerprint density at radius 1 is 1.14 bits per heavy atom. The van der Waals surface area contributed by atoms with Crippen molar-refractivity contribution in [1.29, 1.82) is 0 Å². The first-order valence-electron chi connectivity index (χ1n) is 6.61. The van der Waals surface area contributed by atoms with Gasteiger partial charge < -0.3 is 5.32 Å². The Labute approximate surface area is 125 Å². The maximum Gasteiger partial charge on any atom is 0.264 e. The molecule has 1 aromatic rings. The van der Waals surface area contributed by atoms with Crippen molar-refractivity contribution >= 4 is 21.8 Å². The molecule has 0 aliphatic heterocycles. The predicted molar refractivity (Wildman–Crippen MR) is 78.8 cm³/mol. The Kier molecular flexibility index (Phi) is 5.90. The second kappa shape index (κ2) is 7.21. The van der Waals surface area contributed by atoms with Gasteiger partial charge in [0, 0.05) is 6.92 Å². The summed E-state index contributed by atoms with van der Waals surface area (Å²) in [4.78, 5) is 23.2. The molecular weight excluding hydrogens is 292 g/mol.